The molecule has 0 aliphatic carbocycles. The van der Waals surface area contributed by atoms with Gasteiger partial charge in [-0.3, -0.25) is 4.79 Å². The summed E-state index contributed by atoms with van der Waals surface area (Å²) in [6.45, 7) is 0.509. The van der Waals surface area contributed by atoms with Gasteiger partial charge in [0.25, 0.3) is 0 Å². The SMILES string of the molecule is COCCOCC(=O)Nc1ccc(/C=C/C(=O)O)c(F)c1. The van der Waals surface area contributed by atoms with Crippen molar-refractivity contribution < 1.29 is 28.6 Å². The quantitative estimate of drug-likeness (QED) is 0.561. The van der Waals surface area contributed by atoms with E-state index >= 15 is 0 Å². The van der Waals surface area contributed by atoms with Crippen molar-refractivity contribution in [2.45, 2.75) is 0 Å². The monoisotopic (exact) mass is 297 g/mol. The van der Waals surface area contributed by atoms with Crippen molar-refractivity contribution >= 4 is 23.6 Å². The number of amides is 1. The molecule has 1 aromatic rings. The number of hydrogen-bond acceptors (Lipinski definition) is 4. The van der Waals surface area contributed by atoms with E-state index < -0.39 is 17.7 Å². The van der Waals surface area contributed by atoms with Crippen molar-refractivity contribution in [1.82, 2.24) is 0 Å². The molecule has 0 heterocycles. The fourth-order valence-corrected chi connectivity index (χ4v) is 1.41. The lowest BCUT2D eigenvalue weighted by molar-refractivity contribution is -0.131. The van der Waals surface area contributed by atoms with Crippen LogP contribution in [0.4, 0.5) is 10.1 Å². The predicted molar refractivity (Wildman–Crippen MR) is 74.4 cm³/mol. The number of anilines is 1. The molecule has 0 atom stereocenters. The Morgan fingerprint density at radius 2 is 2.14 bits per heavy atom. The Morgan fingerprint density at radius 1 is 1.38 bits per heavy atom. The van der Waals surface area contributed by atoms with Crippen LogP contribution >= 0.6 is 0 Å². The van der Waals surface area contributed by atoms with Crippen LogP contribution in [0, 0.1) is 5.82 Å². The smallest absolute Gasteiger partial charge is 0.328 e. The molecule has 0 fully saturated rings. The van der Waals surface area contributed by atoms with Gasteiger partial charge in [-0.15, -0.1) is 0 Å². The van der Waals surface area contributed by atoms with Crippen LogP contribution in [0.5, 0.6) is 0 Å². The molecular formula is C14H16FNO5. The second kappa shape index (κ2) is 8.83. The highest BCUT2D eigenvalue weighted by Crippen LogP contribution is 2.15. The number of halogens is 1. The summed E-state index contributed by atoms with van der Waals surface area (Å²) in [4.78, 5) is 21.9. The van der Waals surface area contributed by atoms with Gasteiger partial charge in [-0.1, -0.05) is 0 Å². The van der Waals surface area contributed by atoms with Gasteiger partial charge in [0.2, 0.25) is 5.91 Å². The summed E-state index contributed by atoms with van der Waals surface area (Å²) in [7, 11) is 1.52. The first-order chi connectivity index (χ1) is 10.0. The molecule has 114 valence electrons. The molecule has 1 rings (SSSR count). The largest absolute Gasteiger partial charge is 0.478 e. The van der Waals surface area contributed by atoms with Crippen molar-refractivity contribution in [2.75, 3.05) is 32.2 Å². The number of aliphatic carboxylic acids is 1. The number of hydrogen-bond donors (Lipinski definition) is 2. The fourth-order valence-electron chi connectivity index (χ4n) is 1.41. The Balaban J connectivity index is 2.55. The van der Waals surface area contributed by atoms with Gasteiger partial charge in [-0.05, 0) is 24.3 Å². The third kappa shape index (κ3) is 6.64. The van der Waals surface area contributed by atoms with E-state index in [0.29, 0.717) is 6.61 Å². The van der Waals surface area contributed by atoms with Crippen molar-refractivity contribution in [3.63, 3.8) is 0 Å². The van der Waals surface area contributed by atoms with Gasteiger partial charge in [0.15, 0.2) is 0 Å². The zero-order chi connectivity index (χ0) is 15.7. The molecule has 0 unspecified atom stereocenters. The zero-order valence-corrected chi connectivity index (χ0v) is 11.5. The number of carboxylic acid groups (broad SMARTS) is 1. The molecule has 0 radical (unpaired) electrons. The van der Waals surface area contributed by atoms with Crippen LogP contribution in [0.1, 0.15) is 5.56 Å². The lowest BCUT2D eigenvalue weighted by Gasteiger charge is -2.07. The minimum absolute atomic E-state index is 0.117. The van der Waals surface area contributed by atoms with E-state index in [9.17, 15) is 14.0 Å². The summed E-state index contributed by atoms with van der Waals surface area (Å²) in [6.07, 6.45) is 1.97. The summed E-state index contributed by atoms with van der Waals surface area (Å²) in [6, 6.07) is 3.95. The number of ether oxygens (including phenoxy) is 2. The number of methoxy groups -OCH3 is 1. The molecule has 7 heteroatoms. The van der Waals surface area contributed by atoms with Gasteiger partial charge in [0, 0.05) is 24.4 Å². The van der Waals surface area contributed by atoms with Gasteiger partial charge in [0.1, 0.15) is 12.4 Å². The van der Waals surface area contributed by atoms with Crippen LogP contribution in [0.25, 0.3) is 6.08 Å². The summed E-state index contributed by atoms with van der Waals surface area (Å²) < 4.78 is 23.4. The minimum Gasteiger partial charge on any atom is -0.478 e. The van der Waals surface area contributed by atoms with Crippen LogP contribution in [0.15, 0.2) is 24.3 Å². The zero-order valence-electron chi connectivity index (χ0n) is 11.5. The van der Waals surface area contributed by atoms with Crippen LogP contribution in [0.2, 0.25) is 0 Å². The van der Waals surface area contributed by atoms with Crippen molar-refractivity contribution in [3.8, 4) is 0 Å². The fraction of sp³-hybridized carbons (Fsp3) is 0.286. The summed E-state index contributed by atoms with van der Waals surface area (Å²) in [5.74, 6) is -2.22. The maximum atomic E-state index is 13.7. The molecule has 6 nitrogen and oxygen atoms in total. The third-order valence-electron chi connectivity index (χ3n) is 2.35. The number of rotatable bonds is 8. The molecule has 21 heavy (non-hydrogen) atoms. The second-order valence-electron chi connectivity index (χ2n) is 4.00. The van der Waals surface area contributed by atoms with Gasteiger partial charge in [0.05, 0.1) is 13.2 Å². The van der Waals surface area contributed by atoms with E-state index in [2.05, 4.69) is 5.32 Å². The van der Waals surface area contributed by atoms with E-state index in [0.717, 1.165) is 18.2 Å². The molecule has 0 saturated heterocycles. The highest BCUT2D eigenvalue weighted by Gasteiger charge is 2.05. The summed E-state index contributed by atoms with van der Waals surface area (Å²) >= 11 is 0. The van der Waals surface area contributed by atoms with Crippen molar-refractivity contribution in [1.29, 1.82) is 0 Å². The van der Waals surface area contributed by atoms with E-state index in [1.54, 1.807) is 0 Å². The molecule has 2 N–H and O–H groups in total. The molecular weight excluding hydrogens is 281 g/mol. The lowest BCUT2D eigenvalue weighted by Crippen LogP contribution is -2.19. The van der Waals surface area contributed by atoms with E-state index in [1.807, 2.05) is 0 Å². The Morgan fingerprint density at radius 3 is 2.76 bits per heavy atom. The minimum atomic E-state index is -1.17. The lowest BCUT2D eigenvalue weighted by atomic mass is 10.1. The first kappa shape index (κ1) is 16.8. The third-order valence-corrected chi connectivity index (χ3v) is 2.35. The number of carbonyl (C=O) groups is 2. The van der Waals surface area contributed by atoms with Crippen LogP contribution in [-0.2, 0) is 19.1 Å². The van der Waals surface area contributed by atoms with Gasteiger partial charge in [-0.2, -0.15) is 0 Å². The van der Waals surface area contributed by atoms with E-state index in [4.69, 9.17) is 14.6 Å². The molecule has 0 saturated carbocycles. The molecule has 0 aliphatic rings. The number of carboxylic acids is 1. The topological polar surface area (TPSA) is 84.9 Å². The van der Waals surface area contributed by atoms with Crippen molar-refractivity contribution in [3.05, 3.63) is 35.7 Å². The molecule has 0 spiro atoms. The molecule has 1 amide bonds. The first-order valence-electron chi connectivity index (χ1n) is 6.10. The standard InChI is InChI=1S/C14H16FNO5/c1-20-6-7-21-9-13(17)16-11-4-2-10(12(15)8-11)3-5-14(18)19/h2-5,8H,6-7,9H2,1H3,(H,16,17)(H,18,19)/b5-3+. The van der Waals surface area contributed by atoms with Crippen LogP contribution in [0.3, 0.4) is 0 Å². The van der Waals surface area contributed by atoms with Gasteiger partial charge >= 0.3 is 5.97 Å². The predicted octanol–water partition coefficient (Wildman–Crippen LogP) is 1.52. The van der Waals surface area contributed by atoms with Crippen LogP contribution < -0.4 is 5.32 Å². The second-order valence-corrected chi connectivity index (χ2v) is 4.00. The number of carbonyl (C=O) groups excluding carboxylic acids is 1. The van der Waals surface area contributed by atoms with E-state index in [-0.39, 0.29) is 24.5 Å². The van der Waals surface area contributed by atoms with Gasteiger partial charge in [-0.25, -0.2) is 9.18 Å². The number of nitrogens with one attached hydrogen (secondary N) is 1. The Labute approximate surface area is 121 Å². The molecule has 1 aromatic carbocycles. The maximum Gasteiger partial charge on any atom is 0.328 e. The average molecular weight is 297 g/mol. The Hall–Kier alpha value is -2.25. The first-order valence-corrected chi connectivity index (χ1v) is 6.10. The maximum absolute atomic E-state index is 13.7. The van der Waals surface area contributed by atoms with Gasteiger partial charge < -0.3 is 19.9 Å². The Bertz CT molecular complexity index is 530. The van der Waals surface area contributed by atoms with Crippen LogP contribution in [-0.4, -0.2) is 43.9 Å². The summed E-state index contributed by atoms with van der Waals surface area (Å²) in [5, 5.41) is 10.9. The average Bonchev–Trinajstić information content (AvgIpc) is 2.42. The molecule has 0 aromatic heterocycles. The normalized spacial score (nSPS) is 10.8. The highest BCUT2D eigenvalue weighted by atomic mass is 19.1. The Kier molecular flexibility index (Phi) is 7.06. The molecule has 0 aliphatic heterocycles. The number of benzene rings is 1. The summed E-state index contributed by atoms with van der Waals surface area (Å²) in [5.41, 5.74) is 0.382. The molecule has 0 bridgehead atoms. The van der Waals surface area contributed by atoms with E-state index in [1.165, 1.54) is 19.2 Å². The van der Waals surface area contributed by atoms with Crippen molar-refractivity contribution in [2.24, 2.45) is 0 Å². The highest BCUT2D eigenvalue weighted by molar-refractivity contribution is 5.92.